The summed E-state index contributed by atoms with van der Waals surface area (Å²) in [5, 5.41) is 0.382. The first-order chi connectivity index (χ1) is 12.9. The molecule has 0 radical (unpaired) electrons. The molecule has 0 fully saturated rings. The van der Waals surface area contributed by atoms with E-state index in [4.69, 9.17) is 4.42 Å². The SMILES string of the molecule is O=c1c(-c2ccc(C(F)(F)F)cc2)c(-c2ccccc2)oc2ccccc12. The van der Waals surface area contributed by atoms with Gasteiger partial charge < -0.3 is 4.42 Å². The highest BCUT2D eigenvalue weighted by Crippen LogP contribution is 2.35. The van der Waals surface area contributed by atoms with E-state index in [0.717, 1.165) is 12.1 Å². The van der Waals surface area contributed by atoms with E-state index in [2.05, 4.69) is 0 Å². The Balaban J connectivity index is 2.01. The first-order valence-electron chi connectivity index (χ1n) is 8.24. The number of para-hydroxylation sites is 1. The Hall–Kier alpha value is -3.34. The van der Waals surface area contributed by atoms with Crippen LogP contribution in [0.25, 0.3) is 33.4 Å². The summed E-state index contributed by atoms with van der Waals surface area (Å²) in [6.45, 7) is 0. The van der Waals surface area contributed by atoms with Gasteiger partial charge >= 0.3 is 6.18 Å². The van der Waals surface area contributed by atoms with Crippen LogP contribution in [0.1, 0.15) is 5.56 Å². The Bertz CT molecular complexity index is 1160. The molecular formula is C22H13F3O2. The maximum Gasteiger partial charge on any atom is 0.416 e. The van der Waals surface area contributed by atoms with Gasteiger partial charge in [0.25, 0.3) is 0 Å². The van der Waals surface area contributed by atoms with Crippen LogP contribution in [0.2, 0.25) is 0 Å². The lowest BCUT2D eigenvalue weighted by molar-refractivity contribution is -0.137. The number of hydrogen-bond acceptors (Lipinski definition) is 2. The molecule has 4 aromatic rings. The van der Waals surface area contributed by atoms with Gasteiger partial charge in [0.2, 0.25) is 5.43 Å². The molecule has 4 rings (SSSR count). The minimum absolute atomic E-state index is 0.244. The van der Waals surface area contributed by atoms with Crippen LogP contribution >= 0.6 is 0 Å². The highest BCUT2D eigenvalue weighted by molar-refractivity contribution is 5.89. The molecule has 0 bridgehead atoms. The molecule has 0 aliphatic heterocycles. The smallest absolute Gasteiger partial charge is 0.416 e. The minimum Gasteiger partial charge on any atom is -0.455 e. The second-order valence-electron chi connectivity index (χ2n) is 6.07. The lowest BCUT2D eigenvalue weighted by Crippen LogP contribution is -2.08. The van der Waals surface area contributed by atoms with Crippen molar-refractivity contribution in [2.75, 3.05) is 0 Å². The molecule has 0 amide bonds. The molecule has 0 spiro atoms. The van der Waals surface area contributed by atoms with E-state index in [1.54, 1.807) is 48.5 Å². The van der Waals surface area contributed by atoms with Gasteiger partial charge in [-0.3, -0.25) is 4.79 Å². The molecule has 2 nitrogen and oxygen atoms in total. The quantitative estimate of drug-likeness (QED) is 0.426. The average Bonchev–Trinajstić information content (AvgIpc) is 2.68. The standard InChI is InChI=1S/C22H13F3O2/c23-22(24,25)16-12-10-14(11-13-16)19-20(26)17-8-4-5-9-18(17)27-21(19)15-6-2-1-3-7-15/h1-13H. The summed E-state index contributed by atoms with van der Waals surface area (Å²) in [6, 6.07) is 20.4. The Labute approximate surface area is 152 Å². The molecule has 0 saturated heterocycles. The van der Waals surface area contributed by atoms with E-state index in [9.17, 15) is 18.0 Å². The molecule has 5 heteroatoms. The molecule has 27 heavy (non-hydrogen) atoms. The van der Waals surface area contributed by atoms with Gasteiger partial charge in [0, 0.05) is 5.56 Å². The Morgan fingerprint density at radius 3 is 2.00 bits per heavy atom. The Morgan fingerprint density at radius 2 is 1.33 bits per heavy atom. The monoisotopic (exact) mass is 366 g/mol. The van der Waals surface area contributed by atoms with Crippen LogP contribution in [0.15, 0.2) is 88.1 Å². The molecule has 0 saturated carbocycles. The highest BCUT2D eigenvalue weighted by atomic mass is 19.4. The van der Waals surface area contributed by atoms with Gasteiger partial charge in [0.05, 0.1) is 16.5 Å². The van der Waals surface area contributed by atoms with Crippen LogP contribution in [0, 0.1) is 0 Å². The fourth-order valence-electron chi connectivity index (χ4n) is 3.02. The Kier molecular flexibility index (Phi) is 4.07. The molecule has 1 aromatic heterocycles. The van der Waals surface area contributed by atoms with Crippen molar-refractivity contribution in [3.05, 3.63) is 94.6 Å². The van der Waals surface area contributed by atoms with E-state index in [1.165, 1.54) is 12.1 Å². The fraction of sp³-hybridized carbons (Fsp3) is 0.0455. The van der Waals surface area contributed by atoms with Gasteiger partial charge in [-0.15, -0.1) is 0 Å². The third-order valence-corrected chi connectivity index (χ3v) is 4.33. The second-order valence-corrected chi connectivity index (χ2v) is 6.07. The van der Waals surface area contributed by atoms with Crippen LogP contribution in [0.4, 0.5) is 13.2 Å². The predicted octanol–water partition coefficient (Wildman–Crippen LogP) is 6.15. The van der Waals surface area contributed by atoms with Crippen molar-refractivity contribution in [2.24, 2.45) is 0 Å². The van der Waals surface area contributed by atoms with Crippen molar-refractivity contribution in [1.29, 1.82) is 0 Å². The maximum atomic E-state index is 13.1. The number of halogens is 3. The third-order valence-electron chi connectivity index (χ3n) is 4.33. The average molecular weight is 366 g/mol. The lowest BCUT2D eigenvalue weighted by atomic mass is 9.97. The first-order valence-corrected chi connectivity index (χ1v) is 8.24. The normalized spacial score (nSPS) is 11.7. The largest absolute Gasteiger partial charge is 0.455 e. The van der Waals surface area contributed by atoms with Gasteiger partial charge in [0.15, 0.2) is 0 Å². The van der Waals surface area contributed by atoms with E-state index >= 15 is 0 Å². The van der Waals surface area contributed by atoms with Gasteiger partial charge in [-0.2, -0.15) is 13.2 Å². The van der Waals surface area contributed by atoms with E-state index < -0.39 is 11.7 Å². The summed E-state index contributed by atoms with van der Waals surface area (Å²) in [6.07, 6.45) is -4.44. The molecule has 0 unspecified atom stereocenters. The van der Waals surface area contributed by atoms with E-state index in [0.29, 0.717) is 27.9 Å². The van der Waals surface area contributed by atoms with Gasteiger partial charge in [-0.1, -0.05) is 54.6 Å². The van der Waals surface area contributed by atoms with Crippen molar-refractivity contribution in [3.8, 4) is 22.5 Å². The summed E-state index contributed by atoms with van der Waals surface area (Å²) >= 11 is 0. The van der Waals surface area contributed by atoms with Crippen molar-refractivity contribution in [1.82, 2.24) is 0 Å². The molecule has 1 heterocycles. The summed E-state index contributed by atoms with van der Waals surface area (Å²) in [5.41, 5.74) is 0.676. The molecule has 0 aliphatic rings. The number of hydrogen-bond donors (Lipinski definition) is 0. The van der Waals surface area contributed by atoms with Crippen molar-refractivity contribution >= 4 is 11.0 Å². The molecule has 3 aromatic carbocycles. The second kappa shape index (κ2) is 6.43. The number of rotatable bonds is 2. The third kappa shape index (κ3) is 3.12. The van der Waals surface area contributed by atoms with E-state index in [-0.39, 0.29) is 11.0 Å². The van der Waals surface area contributed by atoms with Crippen molar-refractivity contribution in [3.63, 3.8) is 0 Å². The van der Waals surface area contributed by atoms with Crippen molar-refractivity contribution in [2.45, 2.75) is 6.18 Å². The lowest BCUT2D eigenvalue weighted by Gasteiger charge is -2.12. The molecule has 134 valence electrons. The van der Waals surface area contributed by atoms with Gasteiger partial charge in [0.1, 0.15) is 11.3 Å². The maximum absolute atomic E-state index is 13.1. The zero-order valence-corrected chi connectivity index (χ0v) is 14.0. The van der Waals surface area contributed by atoms with Crippen LogP contribution in [-0.4, -0.2) is 0 Å². The zero-order chi connectivity index (χ0) is 19.0. The highest BCUT2D eigenvalue weighted by Gasteiger charge is 2.30. The number of alkyl halides is 3. The van der Waals surface area contributed by atoms with Gasteiger partial charge in [-0.05, 0) is 29.8 Å². The van der Waals surface area contributed by atoms with Crippen molar-refractivity contribution < 1.29 is 17.6 Å². The zero-order valence-electron chi connectivity index (χ0n) is 14.0. The number of benzene rings is 3. The summed E-state index contributed by atoms with van der Waals surface area (Å²) in [7, 11) is 0. The van der Waals surface area contributed by atoms with E-state index in [1.807, 2.05) is 6.07 Å². The van der Waals surface area contributed by atoms with Crippen LogP contribution in [0.3, 0.4) is 0 Å². The predicted molar refractivity (Wildman–Crippen MR) is 98.4 cm³/mol. The summed E-state index contributed by atoms with van der Waals surface area (Å²) in [4.78, 5) is 13.1. The summed E-state index contributed by atoms with van der Waals surface area (Å²) in [5.74, 6) is 0.332. The number of fused-ring (bicyclic) bond motifs is 1. The molecule has 0 atom stereocenters. The van der Waals surface area contributed by atoms with Crippen LogP contribution in [-0.2, 0) is 6.18 Å². The topological polar surface area (TPSA) is 30.2 Å². The first kappa shape index (κ1) is 17.1. The summed E-state index contributed by atoms with van der Waals surface area (Å²) < 4.78 is 44.6. The van der Waals surface area contributed by atoms with Gasteiger partial charge in [-0.25, -0.2) is 0 Å². The molecular weight excluding hydrogens is 353 g/mol. The molecule has 0 aliphatic carbocycles. The minimum atomic E-state index is -4.44. The fourth-order valence-corrected chi connectivity index (χ4v) is 3.02. The molecule has 0 N–H and O–H groups in total. The van der Waals surface area contributed by atoms with Crippen LogP contribution < -0.4 is 5.43 Å². The van der Waals surface area contributed by atoms with Crippen LogP contribution in [0.5, 0.6) is 0 Å². The Morgan fingerprint density at radius 1 is 0.704 bits per heavy atom.